The van der Waals surface area contributed by atoms with Crippen molar-refractivity contribution >= 4 is 22.4 Å². The number of para-hydroxylation sites is 1. The van der Waals surface area contributed by atoms with E-state index in [-0.39, 0.29) is 0 Å². The predicted octanol–water partition coefficient (Wildman–Crippen LogP) is 4.60. The summed E-state index contributed by atoms with van der Waals surface area (Å²) in [6, 6.07) is 14.0. The minimum Gasteiger partial charge on any atom is -0.490 e. The summed E-state index contributed by atoms with van der Waals surface area (Å²) in [5, 5.41) is 0.907. The maximum atomic E-state index is 5.96. The van der Waals surface area contributed by atoms with Crippen LogP contribution in [0.4, 0.5) is 11.5 Å². The number of nitrogens with zero attached hydrogens (tertiary/aromatic N) is 3. The van der Waals surface area contributed by atoms with Crippen LogP contribution in [-0.2, 0) is 4.74 Å². The highest BCUT2D eigenvalue weighted by Gasteiger charge is 2.15. The Morgan fingerprint density at radius 1 is 0.929 bits per heavy atom. The Labute approximate surface area is 166 Å². The van der Waals surface area contributed by atoms with Gasteiger partial charge < -0.3 is 19.1 Å². The molecule has 0 aliphatic carbocycles. The van der Waals surface area contributed by atoms with Gasteiger partial charge in [0.2, 0.25) is 0 Å². The van der Waals surface area contributed by atoms with Gasteiger partial charge in [-0.2, -0.15) is 0 Å². The zero-order chi connectivity index (χ0) is 19.8. The molecule has 0 spiro atoms. The van der Waals surface area contributed by atoms with Gasteiger partial charge in [-0.25, -0.2) is 9.97 Å². The van der Waals surface area contributed by atoms with E-state index in [9.17, 15) is 0 Å². The first kappa shape index (κ1) is 19.9. The fourth-order valence-electron chi connectivity index (χ4n) is 2.88. The molecule has 0 amide bonds. The zero-order valence-corrected chi connectivity index (χ0v) is 16.7. The molecule has 0 atom stereocenters. The smallest absolute Gasteiger partial charge is 0.163 e. The number of unbranched alkanes of at least 4 members (excludes halogenated alkanes) is 1. The van der Waals surface area contributed by atoms with E-state index in [0.717, 1.165) is 35.2 Å². The second kappa shape index (κ2) is 9.90. The van der Waals surface area contributed by atoms with Gasteiger partial charge in [0, 0.05) is 31.3 Å². The van der Waals surface area contributed by atoms with Crippen LogP contribution < -0.4 is 14.4 Å². The van der Waals surface area contributed by atoms with E-state index >= 15 is 0 Å². The first-order valence-electron chi connectivity index (χ1n) is 9.56. The number of hydrogen-bond acceptors (Lipinski definition) is 6. The van der Waals surface area contributed by atoms with Crippen molar-refractivity contribution in [2.75, 3.05) is 38.9 Å². The summed E-state index contributed by atoms with van der Waals surface area (Å²) >= 11 is 0. The average Bonchev–Trinajstić information content (AvgIpc) is 2.74. The Morgan fingerprint density at radius 3 is 2.43 bits per heavy atom. The van der Waals surface area contributed by atoms with Crippen molar-refractivity contribution < 1.29 is 14.2 Å². The van der Waals surface area contributed by atoms with Gasteiger partial charge in [0.25, 0.3) is 0 Å². The maximum Gasteiger partial charge on any atom is 0.163 e. The molecule has 6 nitrogen and oxygen atoms in total. The number of methoxy groups -OCH3 is 1. The van der Waals surface area contributed by atoms with Crippen LogP contribution in [0.1, 0.15) is 19.8 Å². The molecule has 1 aromatic heterocycles. The summed E-state index contributed by atoms with van der Waals surface area (Å²) in [4.78, 5) is 11.0. The summed E-state index contributed by atoms with van der Waals surface area (Å²) in [7, 11) is 3.65. The van der Waals surface area contributed by atoms with Crippen LogP contribution in [0.5, 0.6) is 11.5 Å². The van der Waals surface area contributed by atoms with Crippen molar-refractivity contribution in [1.29, 1.82) is 0 Å². The highest BCUT2D eigenvalue weighted by Crippen LogP contribution is 2.36. The summed E-state index contributed by atoms with van der Waals surface area (Å²) in [5.41, 5.74) is 1.87. The van der Waals surface area contributed by atoms with Gasteiger partial charge in [0.1, 0.15) is 18.8 Å². The van der Waals surface area contributed by atoms with Crippen molar-refractivity contribution in [2.45, 2.75) is 19.8 Å². The Bertz CT molecular complexity index is 887. The minimum absolute atomic E-state index is 0.448. The van der Waals surface area contributed by atoms with E-state index in [2.05, 4.69) is 16.9 Å². The largest absolute Gasteiger partial charge is 0.490 e. The SMILES string of the molecule is CCCCOc1cc2ncnc(N(C)c3ccccc3)c2cc1OCCOC. The van der Waals surface area contributed by atoms with Crippen molar-refractivity contribution in [3.63, 3.8) is 0 Å². The van der Waals surface area contributed by atoms with Gasteiger partial charge in [-0.3, -0.25) is 0 Å². The number of hydrogen-bond donors (Lipinski definition) is 0. The van der Waals surface area contributed by atoms with Crippen molar-refractivity contribution in [1.82, 2.24) is 9.97 Å². The van der Waals surface area contributed by atoms with Gasteiger partial charge in [-0.1, -0.05) is 31.5 Å². The lowest BCUT2D eigenvalue weighted by atomic mass is 10.2. The number of fused-ring (bicyclic) bond motifs is 1. The van der Waals surface area contributed by atoms with E-state index in [1.165, 1.54) is 0 Å². The second-order valence-electron chi connectivity index (χ2n) is 6.45. The standard InChI is InChI=1S/C22H27N3O3/c1-4-5-11-27-21-15-19-18(14-20(21)28-13-12-26-3)22(24-16-23-19)25(2)17-9-7-6-8-10-17/h6-10,14-16H,4-5,11-13H2,1-3H3. The van der Waals surface area contributed by atoms with Crippen LogP contribution in [0.2, 0.25) is 0 Å². The molecule has 148 valence electrons. The van der Waals surface area contributed by atoms with Crippen LogP contribution in [-0.4, -0.2) is 43.9 Å². The minimum atomic E-state index is 0.448. The van der Waals surface area contributed by atoms with Crippen LogP contribution in [0.25, 0.3) is 10.9 Å². The molecule has 3 aromatic rings. The molecule has 3 rings (SSSR count). The van der Waals surface area contributed by atoms with Crippen LogP contribution in [0.3, 0.4) is 0 Å². The quantitative estimate of drug-likeness (QED) is 0.478. The lowest BCUT2D eigenvalue weighted by Gasteiger charge is -2.21. The zero-order valence-electron chi connectivity index (χ0n) is 16.7. The van der Waals surface area contributed by atoms with Crippen molar-refractivity contribution in [3.05, 3.63) is 48.8 Å². The van der Waals surface area contributed by atoms with Gasteiger partial charge in [0.15, 0.2) is 11.5 Å². The molecule has 0 fully saturated rings. The molecule has 0 N–H and O–H groups in total. The summed E-state index contributed by atoms with van der Waals surface area (Å²) in [6.07, 6.45) is 3.64. The molecule has 6 heteroatoms. The molecule has 0 aliphatic rings. The third-order valence-electron chi connectivity index (χ3n) is 4.44. The molecule has 0 saturated heterocycles. The highest BCUT2D eigenvalue weighted by atomic mass is 16.5. The molecule has 0 radical (unpaired) electrons. The normalized spacial score (nSPS) is 10.8. The van der Waals surface area contributed by atoms with Crippen LogP contribution in [0, 0.1) is 0 Å². The molecule has 28 heavy (non-hydrogen) atoms. The molecule has 0 unspecified atom stereocenters. The molecular weight excluding hydrogens is 354 g/mol. The lowest BCUT2D eigenvalue weighted by molar-refractivity contribution is 0.143. The van der Waals surface area contributed by atoms with Crippen molar-refractivity contribution in [2.24, 2.45) is 0 Å². The number of ether oxygens (including phenoxy) is 3. The Morgan fingerprint density at radius 2 is 1.68 bits per heavy atom. The van der Waals surface area contributed by atoms with Gasteiger partial charge in [-0.15, -0.1) is 0 Å². The van der Waals surface area contributed by atoms with Gasteiger partial charge in [0.05, 0.1) is 18.7 Å². The van der Waals surface area contributed by atoms with E-state index in [1.807, 2.05) is 54.4 Å². The fraction of sp³-hybridized carbons (Fsp3) is 0.364. The third kappa shape index (κ3) is 4.70. The maximum absolute atomic E-state index is 5.96. The predicted molar refractivity (Wildman–Crippen MR) is 112 cm³/mol. The fourth-order valence-corrected chi connectivity index (χ4v) is 2.88. The van der Waals surface area contributed by atoms with Gasteiger partial charge in [-0.05, 0) is 24.6 Å². The van der Waals surface area contributed by atoms with E-state index < -0.39 is 0 Å². The molecule has 0 saturated carbocycles. The average molecular weight is 381 g/mol. The monoisotopic (exact) mass is 381 g/mol. The second-order valence-corrected chi connectivity index (χ2v) is 6.45. The summed E-state index contributed by atoms with van der Waals surface area (Å²) < 4.78 is 17.0. The van der Waals surface area contributed by atoms with E-state index in [1.54, 1.807) is 13.4 Å². The first-order chi connectivity index (χ1) is 13.7. The van der Waals surface area contributed by atoms with Crippen LogP contribution >= 0.6 is 0 Å². The number of anilines is 2. The molecule has 1 heterocycles. The summed E-state index contributed by atoms with van der Waals surface area (Å²) in [5.74, 6) is 2.19. The Kier molecular flexibility index (Phi) is 7.03. The number of rotatable bonds is 10. The molecule has 0 bridgehead atoms. The lowest BCUT2D eigenvalue weighted by Crippen LogP contribution is -2.12. The molecular formula is C22H27N3O3. The first-order valence-corrected chi connectivity index (χ1v) is 9.56. The third-order valence-corrected chi connectivity index (χ3v) is 4.44. The topological polar surface area (TPSA) is 56.7 Å². The Balaban J connectivity index is 2.00. The van der Waals surface area contributed by atoms with Crippen LogP contribution in [0.15, 0.2) is 48.8 Å². The molecule has 0 aliphatic heterocycles. The summed E-state index contributed by atoms with van der Waals surface area (Å²) in [6.45, 7) is 3.74. The van der Waals surface area contributed by atoms with E-state index in [0.29, 0.717) is 31.3 Å². The number of aromatic nitrogens is 2. The van der Waals surface area contributed by atoms with E-state index in [4.69, 9.17) is 14.2 Å². The number of benzene rings is 2. The van der Waals surface area contributed by atoms with Crippen molar-refractivity contribution in [3.8, 4) is 11.5 Å². The molecule has 2 aromatic carbocycles. The van der Waals surface area contributed by atoms with Gasteiger partial charge >= 0.3 is 0 Å². The highest BCUT2D eigenvalue weighted by molar-refractivity contribution is 5.93. The Hall–Kier alpha value is -2.86.